The van der Waals surface area contributed by atoms with Crippen molar-refractivity contribution >= 4 is 5.97 Å². The van der Waals surface area contributed by atoms with Crippen LogP contribution in [0.1, 0.15) is 11.7 Å². The number of oxazole rings is 1. The predicted octanol–water partition coefficient (Wildman–Crippen LogP) is 0.699. The Morgan fingerprint density at radius 2 is 2.55 bits per heavy atom. The van der Waals surface area contributed by atoms with Crippen molar-refractivity contribution in [1.29, 1.82) is 0 Å². The van der Waals surface area contributed by atoms with Crippen molar-refractivity contribution < 1.29 is 13.9 Å². The van der Waals surface area contributed by atoms with Crippen LogP contribution >= 0.6 is 0 Å². The van der Waals surface area contributed by atoms with Gasteiger partial charge in [-0.15, -0.1) is 0 Å². The van der Waals surface area contributed by atoms with Crippen molar-refractivity contribution in [2.45, 2.75) is 13.3 Å². The summed E-state index contributed by atoms with van der Waals surface area (Å²) in [5, 5.41) is 0. The van der Waals surface area contributed by atoms with Crippen LogP contribution in [0.15, 0.2) is 10.6 Å². The first kappa shape index (κ1) is 7.78. The maximum Gasteiger partial charge on any atom is 0.314 e. The fourth-order valence-electron chi connectivity index (χ4n) is 0.679. The number of aromatic nitrogens is 1. The Morgan fingerprint density at radius 1 is 1.82 bits per heavy atom. The van der Waals surface area contributed by atoms with Crippen LogP contribution in [0.5, 0.6) is 0 Å². The molecule has 0 amide bonds. The SMILES string of the molecule is COC(=O)Cc1ncc(C)o1. The molecule has 0 saturated heterocycles. The first-order valence-electron chi connectivity index (χ1n) is 3.20. The summed E-state index contributed by atoms with van der Waals surface area (Å²) in [5.41, 5.74) is 0. The van der Waals surface area contributed by atoms with Gasteiger partial charge in [0.2, 0.25) is 5.89 Å². The van der Waals surface area contributed by atoms with Crippen molar-refractivity contribution in [3.63, 3.8) is 0 Å². The summed E-state index contributed by atoms with van der Waals surface area (Å²) in [7, 11) is 1.33. The van der Waals surface area contributed by atoms with E-state index in [-0.39, 0.29) is 12.4 Å². The van der Waals surface area contributed by atoms with Crippen molar-refractivity contribution in [2.75, 3.05) is 7.11 Å². The molecule has 11 heavy (non-hydrogen) atoms. The lowest BCUT2D eigenvalue weighted by molar-refractivity contribution is -0.140. The highest BCUT2D eigenvalue weighted by Crippen LogP contribution is 2.02. The Kier molecular flexibility index (Phi) is 2.25. The molecule has 1 aromatic heterocycles. The fraction of sp³-hybridized carbons (Fsp3) is 0.429. The van der Waals surface area contributed by atoms with Crippen LogP contribution in [0.4, 0.5) is 0 Å². The fourth-order valence-corrected chi connectivity index (χ4v) is 0.679. The van der Waals surface area contributed by atoms with E-state index in [9.17, 15) is 4.79 Å². The number of nitrogens with zero attached hydrogens (tertiary/aromatic N) is 1. The van der Waals surface area contributed by atoms with Crippen molar-refractivity contribution in [2.24, 2.45) is 0 Å². The summed E-state index contributed by atoms with van der Waals surface area (Å²) in [5.74, 6) is 0.755. The van der Waals surface area contributed by atoms with Crippen LogP contribution in [-0.2, 0) is 16.0 Å². The molecule has 0 N–H and O–H groups in total. The molecular formula is C7H9NO3. The van der Waals surface area contributed by atoms with Crippen molar-refractivity contribution in [1.82, 2.24) is 4.98 Å². The van der Waals surface area contributed by atoms with E-state index in [1.807, 2.05) is 0 Å². The van der Waals surface area contributed by atoms with Gasteiger partial charge in [-0.2, -0.15) is 0 Å². The molecule has 0 fully saturated rings. The molecule has 0 aliphatic rings. The van der Waals surface area contributed by atoms with Gasteiger partial charge in [-0.25, -0.2) is 4.98 Å². The third kappa shape index (κ3) is 2.07. The number of carbonyl (C=O) groups is 1. The number of hydrogen-bond acceptors (Lipinski definition) is 4. The van der Waals surface area contributed by atoms with Gasteiger partial charge in [-0.3, -0.25) is 4.79 Å². The quantitative estimate of drug-likeness (QED) is 0.590. The lowest BCUT2D eigenvalue weighted by atomic mass is 10.4. The molecule has 4 nitrogen and oxygen atoms in total. The molecule has 1 aromatic rings. The Labute approximate surface area is 64.2 Å². The van der Waals surface area contributed by atoms with Crippen LogP contribution in [-0.4, -0.2) is 18.1 Å². The zero-order valence-corrected chi connectivity index (χ0v) is 6.46. The number of aryl methyl sites for hydroxylation is 1. The van der Waals surface area contributed by atoms with Crippen molar-refractivity contribution in [3.05, 3.63) is 17.8 Å². The second-order valence-corrected chi connectivity index (χ2v) is 2.12. The van der Waals surface area contributed by atoms with Gasteiger partial charge in [0.05, 0.1) is 13.3 Å². The minimum atomic E-state index is -0.341. The zero-order chi connectivity index (χ0) is 8.27. The van der Waals surface area contributed by atoms with E-state index >= 15 is 0 Å². The van der Waals surface area contributed by atoms with E-state index in [2.05, 4.69) is 9.72 Å². The molecule has 0 aliphatic carbocycles. The van der Waals surface area contributed by atoms with Crippen molar-refractivity contribution in [3.8, 4) is 0 Å². The number of carbonyl (C=O) groups excluding carboxylic acids is 1. The summed E-state index contributed by atoms with van der Waals surface area (Å²) in [6.45, 7) is 1.77. The van der Waals surface area contributed by atoms with Gasteiger partial charge in [0.15, 0.2) is 0 Å². The molecule has 1 heterocycles. The normalized spacial score (nSPS) is 9.64. The van der Waals surface area contributed by atoms with Gasteiger partial charge in [0, 0.05) is 0 Å². The summed E-state index contributed by atoms with van der Waals surface area (Å²) in [6, 6.07) is 0. The lowest BCUT2D eigenvalue weighted by Crippen LogP contribution is -2.04. The summed E-state index contributed by atoms with van der Waals surface area (Å²) < 4.78 is 9.47. The lowest BCUT2D eigenvalue weighted by Gasteiger charge is -1.92. The standard InChI is InChI=1S/C7H9NO3/c1-5-4-8-6(11-5)3-7(9)10-2/h4H,3H2,1-2H3. The number of rotatable bonds is 2. The predicted molar refractivity (Wildman–Crippen MR) is 37.0 cm³/mol. The van der Waals surface area contributed by atoms with Crippen LogP contribution in [0.2, 0.25) is 0 Å². The van der Waals surface area contributed by atoms with Crippen LogP contribution in [0.25, 0.3) is 0 Å². The third-order valence-electron chi connectivity index (χ3n) is 1.19. The van der Waals surface area contributed by atoms with E-state index in [0.717, 1.165) is 0 Å². The molecule has 0 bridgehead atoms. The number of methoxy groups -OCH3 is 1. The second-order valence-electron chi connectivity index (χ2n) is 2.12. The van der Waals surface area contributed by atoms with Gasteiger partial charge >= 0.3 is 5.97 Å². The largest absolute Gasteiger partial charge is 0.469 e. The maximum atomic E-state index is 10.7. The minimum absolute atomic E-state index is 0.102. The molecule has 0 saturated carbocycles. The van der Waals surface area contributed by atoms with Gasteiger partial charge in [0.1, 0.15) is 12.2 Å². The van der Waals surface area contributed by atoms with Gasteiger partial charge < -0.3 is 9.15 Å². The summed E-state index contributed by atoms with van der Waals surface area (Å²) >= 11 is 0. The molecule has 0 aliphatic heterocycles. The molecule has 0 spiro atoms. The van der Waals surface area contributed by atoms with Gasteiger partial charge in [-0.05, 0) is 6.92 Å². The smallest absolute Gasteiger partial charge is 0.314 e. The van der Waals surface area contributed by atoms with E-state index in [4.69, 9.17) is 4.42 Å². The first-order valence-corrected chi connectivity index (χ1v) is 3.20. The molecule has 60 valence electrons. The highest BCUT2D eigenvalue weighted by molar-refractivity contribution is 5.71. The molecule has 1 rings (SSSR count). The summed E-state index contributed by atoms with van der Waals surface area (Å²) in [6.07, 6.45) is 1.67. The highest BCUT2D eigenvalue weighted by Gasteiger charge is 2.06. The first-order chi connectivity index (χ1) is 5.22. The van der Waals surface area contributed by atoms with Gasteiger partial charge in [-0.1, -0.05) is 0 Å². The maximum absolute atomic E-state index is 10.7. The molecule has 0 atom stereocenters. The second kappa shape index (κ2) is 3.18. The average Bonchev–Trinajstić information content (AvgIpc) is 2.35. The van der Waals surface area contributed by atoms with Gasteiger partial charge in [0.25, 0.3) is 0 Å². The van der Waals surface area contributed by atoms with E-state index in [1.54, 1.807) is 13.1 Å². The minimum Gasteiger partial charge on any atom is -0.469 e. The van der Waals surface area contributed by atoms with E-state index in [0.29, 0.717) is 11.7 Å². The number of ether oxygens (including phenoxy) is 1. The average molecular weight is 155 g/mol. The Hall–Kier alpha value is -1.32. The molecule has 0 radical (unpaired) electrons. The zero-order valence-electron chi connectivity index (χ0n) is 6.46. The number of esters is 1. The Morgan fingerprint density at radius 3 is 3.00 bits per heavy atom. The monoisotopic (exact) mass is 155 g/mol. The van der Waals surface area contributed by atoms with Crippen LogP contribution < -0.4 is 0 Å². The molecule has 4 heteroatoms. The van der Waals surface area contributed by atoms with Crippen LogP contribution in [0.3, 0.4) is 0 Å². The van der Waals surface area contributed by atoms with E-state index in [1.165, 1.54) is 7.11 Å². The molecular weight excluding hydrogens is 146 g/mol. The number of hydrogen-bond donors (Lipinski definition) is 0. The van der Waals surface area contributed by atoms with E-state index < -0.39 is 0 Å². The topological polar surface area (TPSA) is 52.3 Å². The Bertz CT molecular complexity index is 254. The summed E-state index contributed by atoms with van der Waals surface area (Å²) in [4.78, 5) is 14.5. The highest BCUT2D eigenvalue weighted by atomic mass is 16.5. The molecule has 0 aromatic carbocycles. The third-order valence-corrected chi connectivity index (χ3v) is 1.19. The molecule has 0 unspecified atom stereocenters. The Balaban J connectivity index is 2.57. The van der Waals surface area contributed by atoms with Crippen LogP contribution in [0, 0.1) is 6.92 Å².